The molecule has 2 aromatic carbocycles. The highest BCUT2D eigenvalue weighted by Crippen LogP contribution is 2.27. The number of ether oxygens (including phenoxy) is 1. The first kappa shape index (κ1) is 16.6. The molecule has 126 valence electrons. The fraction of sp³-hybridized carbons (Fsp3) is 0.381. The van der Waals surface area contributed by atoms with Crippen LogP contribution in [0.15, 0.2) is 48.5 Å². The molecule has 2 aromatic rings. The van der Waals surface area contributed by atoms with Crippen molar-refractivity contribution in [2.45, 2.75) is 45.8 Å². The van der Waals surface area contributed by atoms with Gasteiger partial charge in [-0.1, -0.05) is 56.3 Å². The Hall–Kier alpha value is -2.29. The molecule has 0 saturated carbocycles. The minimum absolute atomic E-state index is 0.0584. The second-order valence-corrected chi connectivity index (χ2v) is 6.73. The van der Waals surface area contributed by atoms with Crippen LogP contribution in [-0.4, -0.2) is 23.5 Å². The van der Waals surface area contributed by atoms with E-state index in [4.69, 9.17) is 4.74 Å². The van der Waals surface area contributed by atoms with Crippen LogP contribution in [-0.2, 0) is 17.8 Å². The Bertz CT molecular complexity index is 723. The van der Waals surface area contributed by atoms with Crippen LogP contribution in [0.1, 0.15) is 43.4 Å². The highest BCUT2D eigenvalue weighted by Gasteiger charge is 2.26. The third kappa shape index (κ3) is 3.45. The zero-order chi connectivity index (χ0) is 17.1. The van der Waals surface area contributed by atoms with Crippen molar-refractivity contribution in [1.29, 1.82) is 0 Å². The molecule has 0 aliphatic carbocycles. The molecule has 1 amide bonds. The predicted octanol–water partition coefficient (Wildman–Crippen LogP) is 4.16. The van der Waals surface area contributed by atoms with E-state index in [-0.39, 0.29) is 5.91 Å². The molecule has 0 radical (unpaired) electrons. The molecule has 3 rings (SSSR count). The Kier molecular flexibility index (Phi) is 4.89. The van der Waals surface area contributed by atoms with Crippen LogP contribution in [0, 0.1) is 0 Å². The van der Waals surface area contributed by atoms with E-state index in [9.17, 15) is 4.79 Å². The molecule has 1 atom stereocenters. The molecule has 3 nitrogen and oxygen atoms in total. The lowest BCUT2D eigenvalue weighted by Crippen LogP contribution is -2.43. The van der Waals surface area contributed by atoms with Crippen molar-refractivity contribution in [3.05, 3.63) is 65.2 Å². The van der Waals surface area contributed by atoms with Gasteiger partial charge in [0.1, 0.15) is 5.75 Å². The van der Waals surface area contributed by atoms with E-state index in [1.54, 1.807) is 0 Å². The first-order valence-electron chi connectivity index (χ1n) is 8.67. The molecule has 0 spiro atoms. The van der Waals surface area contributed by atoms with Gasteiger partial charge in [-0.25, -0.2) is 0 Å². The number of amides is 1. The van der Waals surface area contributed by atoms with Crippen LogP contribution in [0.4, 0.5) is 0 Å². The molecular weight excluding hydrogens is 298 g/mol. The van der Waals surface area contributed by atoms with E-state index in [0.717, 1.165) is 24.3 Å². The number of nitrogens with zero attached hydrogens (tertiary/aromatic N) is 1. The number of hydrogen-bond acceptors (Lipinski definition) is 2. The number of fused-ring (bicyclic) bond motifs is 1. The van der Waals surface area contributed by atoms with Crippen LogP contribution in [0.2, 0.25) is 0 Å². The van der Waals surface area contributed by atoms with E-state index >= 15 is 0 Å². The summed E-state index contributed by atoms with van der Waals surface area (Å²) >= 11 is 0. The summed E-state index contributed by atoms with van der Waals surface area (Å²) in [5.41, 5.74) is 3.73. The van der Waals surface area contributed by atoms with Crippen molar-refractivity contribution in [2.24, 2.45) is 0 Å². The van der Waals surface area contributed by atoms with Gasteiger partial charge in [-0.15, -0.1) is 0 Å². The Morgan fingerprint density at radius 1 is 1.00 bits per heavy atom. The standard InChI is InChI=1S/C21H25NO2/c1-15(2)19-10-6-7-11-20(19)24-16(3)21(23)22-13-12-17-8-4-5-9-18(17)14-22/h4-11,15-16H,12-14H2,1-3H3/t16-/m1/s1. The number of para-hydroxylation sites is 1. The highest BCUT2D eigenvalue weighted by atomic mass is 16.5. The monoisotopic (exact) mass is 323 g/mol. The van der Waals surface area contributed by atoms with Crippen molar-refractivity contribution in [2.75, 3.05) is 6.54 Å². The number of hydrogen-bond donors (Lipinski definition) is 0. The maximum Gasteiger partial charge on any atom is 0.263 e. The van der Waals surface area contributed by atoms with Gasteiger partial charge >= 0.3 is 0 Å². The van der Waals surface area contributed by atoms with E-state index < -0.39 is 6.10 Å². The molecule has 1 heterocycles. The third-order valence-corrected chi connectivity index (χ3v) is 4.63. The molecule has 0 aromatic heterocycles. The van der Waals surface area contributed by atoms with Gasteiger partial charge < -0.3 is 9.64 Å². The summed E-state index contributed by atoms with van der Waals surface area (Å²) in [6.45, 7) is 7.55. The zero-order valence-corrected chi connectivity index (χ0v) is 14.7. The smallest absolute Gasteiger partial charge is 0.263 e. The fourth-order valence-corrected chi connectivity index (χ4v) is 3.25. The minimum Gasteiger partial charge on any atom is -0.481 e. The van der Waals surface area contributed by atoms with Gasteiger partial charge in [0, 0.05) is 13.1 Å². The number of carbonyl (C=O) groups is 1. The molecule has 1 aliphatic rings. The summed E-state index contributed by atoms with van der Waals surface area (Å²) in [6, 6.07) is 16.3. The lowest BCUT2D eigenvalue weighted by atomic mass is 9.99. The van der Waals surface area contributed by atoms with Crippen LogP contribution >= 0.6 is 0 Å². The third-order valence-electron chi connectivity index (χ3n) is 4.63. The summed E-state index contributed by atoms with van der Waals surface area (Å²) in [5.74, 6) is 1.24. The van der Waals surface area contributed by atoms with Gasteiger partial charge in [0.15, 0.2) is 6.10 Å². The largest absolute Gasteiger partial charge is 0.481 e. The van der Waals surface area contributed by atoms with Crippen LogP contribution in [0.3, 0.4) is 0 Å². The van der Waals surface area contributed by atoms with Crippen LogP contribution in [0.25, 0.3) is 0 Å². The molecule has 3 heteroatoms. The zero-order valence-electron chi connectivity index (χ0n) is 14.7. The normalized spacial score (nSPS) is 15.1. The minimum atomic E-state index is -0.477. The second kappa shape index (κ2) is 7.08. The average Bonchev–Trinajstić information content (AvgIpc) is 2.61. The quantitative estimate of drug-likeness (QED) is 0.845. The summed E-state index contributed by atoms with van der Waals surface area (Å²) < 4.78 is 6.02. The van der Waals surface area contributed by atoms with Gasteiger partial charge in [0.25, 0.3) is 5.91 Å². The Morgan fingerprint density at radius 2 is 1.67 bits per heavy atom. The lowest BCUT2D eigenvalue weighted by Gasteiger charge is -2.31. The molecule has 0 N–H and O–H groups in total. The average molecular weight is 323 g/mol. The van der Waals surface area contributed by atoms with Crippen molar-refractivity contribution in [3.63, 3.8) is 0 Å². The summed E-state index contributed by atoms with van der Waals surface area (Å²) in [7, 11) is 0. The second-order valence-electron chi connectivity index (χ2n) is 6.73. The summed E-state index contributed by atoms with van der Waals surface area (Å²) in [6.07, 6.45) is 0.437. The Labute approximate surface area is 144 Å². The maximum atomic E-state index is 12.8. The van der Waals surface area contributed by atoms with Crippen molar-refractivity contribution in [1.82, 2.24) is 4.90 Å². The topological polar surface area (TPSA) is 29.5 Å². The van der Waals surface area contributed by atoms with Crippen LogP contribution in [0.5, 0.6) is 5.75 Å². The summed E-state index contributed by atoms with van der Waals surface area (Å²) in [5, 5.41) is 0. The predicted molar refractivity (Wildman–Crippen MR) is 96.2 cm³/mol. The van der Waals surface area contributed by atoms with E-state index in [0.29, 0.717) is 12.5 Å². The van der Waals surface area contributed by atoms with Crippen molar-refractivity contribution >= 4 is 5.91 Å². The molecule has 0 saturated heterocycles. The lowest BCUT2D eigenvalue weighted by molar-refractivity contribution is -0.138. The van der Waals surface area contributed by atoms with Gasteiger partial charge in [-0.05, 0) is 42.0 Å². The maximum absolute atomic E-state index is 12.8. The molecular formula is C21H25NO2. The first-order valence-corrected chi connectivity index (χ1v) is 8.67. The fourth-order valence-electron chi connectivity index (χ4n) is 3.25. The number of rotatable bonds is 4. The van der Waals surface area contributed by atoms with E-state index in [1.807, 2.05) is 36.1 Å². The highest BCUT2D eigenvalue weighted by molar-refractivity contribution is 5.81. The summed E-state index contributed by atoms with van der Waals surface area (Å²) in [4.78, 5) is 14.7. The van der Waals surface area contributed by atoms with Crippen molar-refractivity contribution < 1.29 is 9.53 Å². The van der Waals surface area contributed by atoms with E-state index in [2.05, 4.69) is 38.1 Å². The number of benzene rings is 2. The van der Waals surface area contributed by atoms with Crippen LogP contribution < -0.4 is 4.74 Å². The van der Waals surface area contributed by atoms with Crippen molar-refractivity contribution in [3.8, 4) is 5.75 Å². The SMILES string of the molecule is CC(C)c1ccccc1O[C@H](C)C(=O)N1CCc2ccccc2C1. The first-order chi connectivity index (χ1) is 11.6. The molecule has 0 bridgehead atoms. The van der Waals surface area contributed by atoms with E-state index in [1.165, 1.54) is 11.1 Å². The molecule has 0 unspecified atom stereocenters. The Balaban J connectivity index is 1.70. The van der Waals surface area contributed by atoms with Gasteiger partial charge in [0.05, 0.1) is 0 Å². The van der Waals surface area contributed by atoms with Gasteiger partial charge in [-0.3, -0.25) is 4.79 Å². The molecule has 0 fully saturated rings. The molecule has 24 heavy (non-hydrogen) atoms. The van der Waals surface area contributed by atoms with Gasteiger partial charge in [-0.2, -0.15) is 0 Å². The Morgan fingerprint density at radius 3 is 2.42 bits per heavy atom. The molecule has 1 aliphatic heterocycles. The number of carbonyl (C=O) groups excluding carboxylic acids is 1. The van der Waals surface area contributed by atoms with Gasteiger partial charge in [0.2, 0.25) is 0 Å².